The summed E-state index contributed by atoms with van der Waals surface area (Å²) < 4.78 is 0. The molecule has 112 valence electrons. The molecule has 0 bridgehead atoms. The van der Waals surface area contributed by atoms with Crippen LogP contribution in [0.15, 0.2) is 18.2 Å². The number of hydrogen-bond acceptors (Lipinski definition) is 2. The van der Waals surface area contributed by atoms with Gasteiger partial charge in [-0.3, -0.25) is 10.1 Å². The van der Waals surface area contributed by atoms with E-state index in [1.165, 1.54) is 0 Å². The number of rotatable bonds is 6. The van der Waals surface area contributed by atoms with E-state index in [1.54, 1.807) is 6.07 Å². The molecule has 1 aromatic rings. The summed E-state index contributed by atoms with van der Waals surface area (Å²) in [6.45, 7) is 9.30. The molecule has 0 aliphatic heterocycles. The molecule has 1 aromatic carbocycles. The van der Waals surface area contributed by atoms with Crippen LogP contribution in [0, 0.1) is 0 Å². The van der Waals surface area contributed by atoms with Crippen molar-refractivity contribution in [1.29, 1.82) is 0 Å². The van der Waals surface area contributed by atoms with Gasteiger partial charge in [-0.2, -0.15) is 0 Å². The summed E-state index contributed by atoms with van der Waals surface area (Å²) in [5.74, 6) is 0.113. The lowest BCUT2D eigenvalue weighted by molar-refractivity contribution is -0.132. The Kier molecular flexibility index (Phi) is 6.80. The molecule has 0 radical (unpaired) electrons. The molecule has 1 amide bonds. The minimum atomic E-state index is -0.237. The van der Waals surface area contributed by atoms with Gasteiger partial charge in [0, 0.05) is 19.1 Å². The maximum atomic E-state index is 12.2. The minimum absolute atomic E-state index is 0.0271. The largest absolute Gasteiger partial charge is 0.342 e. The fourth-order valence-electron chi connectivity index (χ4n) is 2.13. The van der Waals surface area contributed by atoms with Crippen molar-refractivity contribution in [3.8, 4) is 0 Å². The molecule has 0 heterocycles. The van der Waals surface area contributed by atoms with Crippen LogP contribution in [0.5, 0.6) is 0 Å². The van der Waals surface area contributed by atoms with Crippen molar-refractivity contribution in [2.24, 2.45) is 0 Å². The number of likely N-dealkylation sites (N-methyl/N-ethyl adjacent to an activating group) is 1. The van der Waals surface area contributed by atoms with E-state index in [4.69, 9.17) is 23.2 Å². The maximum Gasteiger partial charge on any atom is 0.239 e. The topological polar surface area (TPSA) is 32.3 Å². The van der Waals surface area contributed by atoms with Gasteiger partial charge in [0.05, 0.1) is 16.1 Å². The van der Waals surface area contributed by atoms with E-state index in [0.29, 0.717) is 10.0 Å². The fourth-order valence-corrected chi connectivity index (χ4v) is 2.44. The molecule has 0 spiro atoms. The molecule has 0 saturated carbocycles. The highest BCUT2D eigenvalue weighted by Crippen LogP contribution is 2.25. The lowest BCUT2D eigenvalue weighted by Gasteiger charge is -2.26. The number of hydrogen-bond donors (Lipinski definition) is 1. The third-order valence-corrected chi connectivity index (χ3v) is 4.13. The van der Waals surface area contributed by atoms with E-state index in [-0.39, 0.29) is 18.0 Å². The quantitative estimate of drug-likeness (QED) is 0.863. The summed E-state index contributed by atoms with van der Waals surface area (Å²) >= 11 is 11.9. The van der Waals surface area contributed by atoms with Crippen LogP contribution in [-0.4, -0.2) is 29.9 Å². The van der Waals surface area contributed by atoms with Crippen molar-refractivity contribution in [1.82, 2.24) is 10.2 Å². The number of amides is 1. The average Bonchev–Trinajstić information content (AvgIpc) is 2.42. The van der Waals surface area contributed by atoms with Crippen LogP contribution in [0.3, 0.4) is 0 Å². The number of carbonyl (C=O) groups is 1. The van der Waals surface area contributed by atoms with Crippen LogP contribution in [0.1, 0.15) is 39.3 Å². The fraction of sp³-hybridized carbons (Fsp3) is 0.533. The zero-order chi connectivity index (χ0) is 15.3. The number of nitrogens with zero attached hydrogens (tertiary/aromatic N) is 1. The van der Waals surface area contributed by atoms with Gasteiger partial charge in [0.15, 0.2) is 0 Å². The van der Waals surface area contributed by atoms with Crippen LogP contribution in [0.25, 0.3) is 0 Å². The molecule has 1 N–H and O–H groups in total. The van der Waals surface area contributed by atoms with Crippen LogP contribution in [0.4, 0.5) is 0 Å². The third kappa shape index (κ3) is 4.37. The van der Waals surface area contributed by atoms with Crippen LogP contribution >= 0.6 is 23.2 Å². The monoisotopic (exact) mass is 316 g/mol. The van der Waals surface area contributed by atoms with Crippen molar-refractivity contribution >= 4 is 29.1 Å². The molecule has 0 aliphatic rings. The Balaban J connectivity index is 2.71. The summed E-state index contributed by atoms with van der Waals surface area (Å²) in [5, 5.41) is 4.36. The van der Waals surface area contributed by atoms with Gasteiger partial charge in [-0.15, -0.1) is 0 Å². The van der Waals surface area contributed by atoms with Gasteiger partial charge < -0.3 is 4.90 Å². The first-order valence-corrected chi connectivity index (χ1v) is 7.66. The van der Waals surface area contributed by atoms with E-state index < -0.39 is 0 Å². The molecule has 0 aromatic heterocycles. The Bertz CT molecular complexity index is 461. The second kappa shape index (κ2) is 7.87. The molecule has 5 heteroatoms. The van der Waals surface area contributed by atoms with Gasteiger partial charge in [-0.1, -0.05) is 29.3 Å². The summed E-state index contributed by atoms with van der Waals surface area (Å²) in [5.41, 5.74) is 1.01. The molecule has 20 heavy (non-hydrogen) atoms. The van der Waals surface area contributed by atoms with Gasteiger partial charge in [0.1, 0.15) is 0 Å². The highest BCUT2D eigenvalue weighted by atomic mass is 35.5. The SMILES string of the molecule is CCN(CC)C(=O)C(C)NC(C)c1ccc(Cl)c(Cl)c1. The van der Waals surface area contributed by atoms with Gasteiger partial charge in [0.25, 0.3) is 0 Å². The summed E-state index contributed by atoms with van der Waals surface area (Å²) in [4.78, 5) is 14.0. The predicted octanol–water partition coefficient (Wildman–Crippen LogP) is 3.90. The van der Waals surface area contributed by atoms with Crippen LogP contribution < -0.4 is 5.32 Å². The Morgan fingerprint density at radius 1 is 1.20 bits per heavy atom. The summed E-state index contributed by atoms with van der Waals surface area (Å²) in [7, 11) is 0. The first kappa shape index (κ1) is 17.3. The molecule has 2 atom stereocenters. The standard InChI is InChI=1S/C15H22Cl2N2O/c1-5-19(6-2)15(20)11(4)18-10(3)12-7-8-13(16)14(17)9-12/h7-11,18H,5-6H2,1-4H3. The zero-order valence-electron chi connectivity index (χ0n) is 12.4. The van der Waals surface area contributed by atoms with Crippen molar-refractivity contribution < 1.29 is 4.79 Å². The van der Waals surface area contributed by atoms with Crippen molar-refractivity contribution in [2.75, 3.05) is 13.1 Å². The van der Waals surface area contributed by atoms with Crippen LogP contribution in [-0.2, 0) is 4.79 Å². The van der Waals surface area contributed by atoms with Crippen molar-refractivity contribution in [2.45, 2.75) is 39.8 Å². The molecule has 3 nitrogen and oxygen atoms in total. The van der Waals surface area contributed by atoms with Crippen LogP contribution in [0.2, 0.25) is 10.0 Å². The van der Waals surface area contributed by atoms with Gasteiger partial charge in [0.2, 0.25) is 5.91 Å². The first-order chi connectivity index (χ1) is 9.40. The number of benzene rings is 1. The average molecular weight is 317 g/mol. The molecule has 0 fully saturated rings. The summed E-state index contributed by atoms with van der Waals surface area (Å²) in [6.07, 6.45) is 0. The summed E-state index contributed by atoms with van der Waals surface area (Å²) in [6, 6.07) is 5.31. The molecular weight excluding hydrogens is 295 g/mol. The van der Waals surface area contributed by atoms with E-state index in [1.807, 2.05) is 44.7 Å². The highest BCUT2D eigenvalue weighted by molar-refractivity contribution is 6.42. The molecule has 0 aliphatic carbocycles. The highest BCUT2D eigenvalue weighted by Gasteiger charge is 2.20. The van der Waals surface area contributed by atoms with Gasteiger partial charge in [-0.25, -0.2) is 0 Å². The molecule has 0 saturated heterocycles. The van der Waals surface area contributed by atoms with E-state index >= 15 is 0 Å². The number of carbonyl (C=O) groups excluding carboxylic acids is 1. The van der Waals surface area contributed by atoms with E-state index in [9.17, 15) is 4.79 Å². The smallest absolute Gasteiger partial charge is 0.239 e. The third-order valence-electron chi connectivity index (χ3n) is 3.39. The van der Waals surface area contributed by atoms with E-state index in [2.05, 4.69) is 5.32 Å². The minimum Gasteiger partial charge on any atom is -0.342 e. The second-order valence-corrected chi connectivity index (χ2v) is 5.61. The Morgan fingerprint density at radius 2 is 1.80 bits per heavy atom. The number of halogens is 2. The predicted molar refractivity (Wildman–Crippen MR) is 85.4 cm³/mol. The lowest BCUT2D eigenvalue weighted by atomic mass is 10.1. The second-order valence-electron chi connectivity index (χ2n) is 4.79. The Labute approximate surface area is 131 Å². The lowest BCUT2D eigenvalue weighted by Crippen LogP contribution is -2.45. The van der Waals surface area contributed by atoms with Crippen molar-refractivity contribution in [3.63, 3.8) is 0 Å². The molecule has 2 unspecified atom stereocenters. The first-order valence-electron chi connectivity index (χ1n) is 6.90. The number of nitrogens with one attached hydrogen (secondary N) is 1. The van der Waals surface area contributed by atoms with Gasteiger partial charge >= 0.3 is 0 Å². The normalized spacial score (nSPS) is 13.9. The molecular formula is C15H22Cl2N2O. The zero-order valence-corrected chi connectivity index (χ0v) is 13.9. The molecule has 1 rings (SSSR count). The Morgan fingerprint density at radius 3 is 2.30 bits per heavy atom. The van der Waals surface area contributed by atoms with Crippen molar-refractivity contribution in [3.05, 3.63) is 33.8 Å². The maximum absolute atomic E-state index is 12.2. The van der Waals surface area contributed by atoms with Gasteiger partial charge in [-0.05, 0) is 45.4 Å². The van der Waals surface area contributed by atoms with E-state index in [0.717, 1.165) is 18.7 Å². The Hall–Kier alpha value is -0.770.